The summed E-state index contributed by atoms with van der Waals surface area (Å²) >= 11 is 0. The summed E-state index contributed by atoms with van der Waals surface area (Å²) in [6, 6.07) is 8.78. The van der Waals surface area contributed by atoms with Crippen molar-refractivity contribution in [2.45, 2.75) is 0 Å². The Hall–Kier alpha value is -2.30. The summed E-state index contributed by atoms with van der Waals surface area (Å²) < 4.78 is 9.79. The van der Waals surface area contributed by atoms with Gasteiger partial charge in [0.25, 0.3) is 0 Å². The number of ether oxygens (including phenoxy) is 1. The van der Waals surface area contributed by atoms with Crippen LogP contribution in [0, 0.1) is 0 Å². The number of hydrogen-bond acceptors (Lipinski definition) is 5. The third-order valence-electron chi connectivity index (χ3n) is 2.12. The zero-order valence-electron chi connectivity index (χ0n) is 8.62. The SMILES string of the molecule is COc1cccc(C(=NO)c2ccon2)c1. The molecule has 5 nitrogen and oxygen atoms in total. The smallest absolute Gasteiger partial charge is 0.139 e. The Bertz CT molecular complexity index is 492. The van der Waals surface area contributed by atoms with Crippen LogP contribution in [0.4, 0.5) is 0 Å². The van der Waals surface area contributed by atoms with Gasteiger partial charge in [0.15, 0.2) is 0 Å². The van der Waals surface area contributed by atoms with Crippen LogP contribution in [-0.2, 0) is 0 Å². The highest BCUT2D eigenvalue weighted by atomic mass is 16.5. The summed E-state index contributed by atoms with van der Waals surface area (Å²) in [4.78, 5) is 0. The van der Waals surface area contributed by atoms with Crippen molar-refractivity contribution in [3.05, 3.63) is 47.9 Å². The fraction of sp³-hybridized carbons (Fsp3) is 0.0909. The van der Waals surface area contributed by atoms with Crippen molar-refractivity contribution in [3.8, 4) is 5.75 Å². The van der Waals surface area contributed by atoms with Crippen molar-refractivity contribution in [1.82, 2.24) is 5.16 Å². The van der Waals surface area contributed by atoms with E-state index in [1.807, 2.05) is 0 Å². The molecule has 0 aliphatic carbocycles. The number of methoxy groups -OCH3 is 1. The van der Waals surface area contributed by atoms with Gasteiger partial charge in [-0.05, 0) is 12.1 Å². The first kappa shape index (κ1) is 10.2. The zero-order chi connectivity index (χ0) is 11.4. The molecule has 0 radical (unpaired) electrons. The van der Waals surface area contributed by atoms with E-state index in [2.05, 4.69) is 10.3 Å². The van der Waals surface area contributed by atoms with Gasteiger partial charge in [0.05, 0.1) is 7.11 Å². The van der Waals surface area contributed by atoms with Gasteiger partial charge in [-0.3, -0.25) is 0 Å². The van der Waals surface area contributed by atoms with E-state index in [-0.39, 0.29) is 0 Å². The van der Waals surface area contributed by atoms with E-state index >= 15 is 0 Å². The fourth-order valence-electron chi connectivity index (χ4n) is 1.36. The lowest BCUT2D eigenvalue weighted by Crippen LogP contribution is -2.03. The monoisotopic (exact) mass is 218 g/mol. The minimum absolute atomic E-state index is 0.340. The predicted octanol–water partition coefficient (Wildman–Crippen LogP) is 1.91. The molecular weight excluding hydrogens is 208 g/mol. The molecule has 2 aromatic rings. The van der Waals surface area contributed by atoms with E-state index in [1.54, 1.807) is 37.4 Å². The third-order valence-corrected chi connectivity index (χ3v) is 2.12. The molecule has 5 heteroatoms. The first-order valence-electron chi connectivity index (χ1n) is 4.62. The van der Waals surface area contributed by atoms with Gasteiger partial charge in [-0.1, -0.05) is 22.4 Å². The fourth-order valence-corrected chi connectivity index (χ4v) is 1.36. The highest BCUT2D eigenvalue weighted by molar-refractivity contribution is 6.11. The van der Waals surface area contributed by atoms with Crippen molar-refractivity contribution < 1.29 is 14.5 Å². The van der Waals surface area contributed by atoms with E-state index in [9.17, 15) is 0 Å². The van der Waals surface area contributed by atoms with Crippen LogP contribution >= 0.6 is 0 Å². The normalized spacial score (nSPS) is 11.4. The van der Waals surface area contributed by atoms with Gasteiger partial charge >= 0.3 is 0 Å². The molecule has 1 N–H and O–H groups in total. The molecule has 1 aromatic heterocycles. The van der Waals surface area contributed by atoms with Gasteiger partial charge in [-0.15, -0.1) is 0 Å². The molecule has 0 spiro atoms. The molecule has 0 unspecified atom stereocenters. The van der Waals surface area contributed by atoms with Crippen LogP contribution in [0.3, 0.4) is 0 Å². The molecule has 82 valence electrons. The number of benzene rings is 1. The molecule has 0 aliphatic heterocycles. The minimum Gasteiger partial charge on any atom is -0.497 e. The molecule has 1 heterocycles. The lowest BCUT2D eigenvalue weighted by atomic mass is 10.1. The molecule has 2 rings (SSSR count). The number of hydrogen-bond donors (Lipinski definition) is 1. The highest BCUT2D eigenvalue weighted by Gasteiger charge is 2.11. The maximum Gasteiger partial charge on any atom is 0.139 e. The number of oxime groups is 1. The van der Waals surface area contributed by atoms with Gasteiger partial charge in [0.2, 0.25) is 0 Å². The first-order chi connectivity index (χ1) is 7.85. The van der Waals surface area contributed by atoms with Gasteiger partial charge in [-0.25, -0.2) is 0 Å². The molecular formula is C11H10N2O3. The van der Waals surface area contributed by atoms with Crippen LogP contribution < -0.4 is 4.74 Å². The van der Waals surface area contributed by atoms with Gasteiger partial charge < -0.3 is 14.5 Å². The van der Waals surface area contributed by atoms with E-state index in [4.69, 9.17) is 14.5 Å². The lowest BCUT2D eigenvalue weighted by molar-refractivity contribution is 0.319. The van der Waals surface area contributed by atoms with Crippen molar-refractivity contribution in [3.63, 3.8) is 0 Å². The minimum atomic E-state index is 0.340. The molecule has 0 bridgehead atoms. The van der Waals surface area contributed by atoms with Crippen LogP contribution in [0.1, 0.15) is 11.3 Å². The van der Waals surface area contributed by atoms with Gasteiger partial charge in [0.1, 0.15) is 23.4 Å². The summed E-state index contributed by atoms with van der Waals surface area (Å²) in [7, 11) is 1.57. The molecule has 0 atom stereocenters. The Morgan fingerprint density at radius 1 is 1.44 bits per heavy atom. The van der Waals surface area contributed by atoms with Crippen LogP contribution in [0.2, 0.25) is 0 Å². The average Bonchev–Trinajstić information content (AvgIpc) is 2.84. The number of nitrogens with zero attached hydrogens (tertiary/aromatic N) is 2. The Morgan fingerprint density at radius 2 is 2.31 bits per heavy atom. The Morgan fingerprint density at radius 3 is 2.94 bits per heavy atom. The molecule has 1 aromatic carbocycles. The third kappa shape index (κ3) is 1.88. The maximum absolute atomic E-state index is 8.98. The Balaban J connectivity index is 2.42. The summed E-state index contributed by atoms with van der Waals surface area (Å²) in [5.41, 5.74) is 1.51. The molecule has 0 fully saturated rings. The van der Waals surface area contributed by atoms with E-state index in [1.165, 1.54) is 6.26 Å². The van der Waals surface area contributed by atoms with Crippen molar-refractivity contribution in [2.75, 3.05) is 7.11 Å². The summed E-state index contributed by atoms with van der Waals surface area (Å²) in [5.74, 6) is 0.683. The zero-order valence-corrected chi connectivity index (χ0v) is 8.62. The molecule has 0 saturated heterocycles. The molecule has 16 heavy (non-hydrogen) atoms. The number of aromatic nitrogens is 1. The Kier molecular flexibility index (Phi) is 2.86. The average molecular weight is 218 g/mol. The highest BCUT2D eigenvalue weighted by Crippen LogP contribution is 2.16. The standard InChI is InChI=1S/C11H10N2O3/c1-15-9-4-2-3-8(7-9)11(12-14)10-5-6-16-13-10/h2-7,14H,1H3. The van der Waals surface area contributed by atoms with E-state index in [0.717, 1.165) is 0 Å². The van der Waals surface area contributed by atoms with Crippen LogP contribution in [0.5, 0.6) is 5.75 Å². The molecule has 0 saturated carbocycles. The van der Waals surface area contributed by atoms with Crippen LogP contribution in [0.15, 0.2) is 46.3 Å². The summed E-state index contributed by atoms with van der Waals surface area (Å²) in [6.45, 7) is 0. The maximum atomic E-state index is 8.98. The van der Waals surface area contributed by atoms with Gasteiger partial charge in [-0.2, -0.15) is 0 Å². The van der Waals surface area contributed by atoms with E-state index in [0.29, 0.717) is 22.7 Å². The topological polar surface area (TPSA) is 67.8 Å². The second-order valence-corrected chi connectivity index (χ2v) is 3.07. The summed E-state index contributed by atoms with van der Waals surface area (Å²) in [6.07, 6.45) is 1.42. The van der Waals surface area contributed by atoms with Crippen molar-refractivity contribution in [2.24, 2.45) is 5.16 Å². The summed E-state index contributed by atoms with van der Waals surface area (Å²) in [5, 5.41) is 15.9. The molecule has 0 aliphatic rings. The van der Waals surface area contributed by atoms with Crippen LogP contribution in [0.25, 0.3) is 0 Å². The molecule has 0 amide bonds. The van der Waals surface area contributed by atoms with Crippen molar-refractivity contribution >= 4 is 5.71 Å². The quantitative estimate of drug-likeness (QED) is 0.485. The largest absolute Gasteiger partial charge is 0.497 e. The van der Waals surface area contributed by atoms with Gasteiger partial charge in [0, 0.05) is 11.6 Å². The second-order valence-electron chi connectivity index (χ2n) is 3.07. The lowest BCUT2D eigenvalue weighted by Gasteiger charge is -2.03. The first-order valence-corrected chi connectivity index (χ1v) is 4.62. The van der Waals surface area contributed by atoms with E-state index < -0.39 is 0 Å². The Labute approximate surface area is 91.9 Å². The second kappa shape index (κ2) is 4.48. The predicted molar refractivity (Wildman–Crippen MR) is 56.9 cm³/mol. The number of rotatable bonds is 3. The van der Waals surface area contributed by atoms with Crippen molar-refractivity contribution in [1.29, 1.82) is 0 Å². The van der Waals surface area contributed by atoms with Crippen LogP contribution in [-0.4, -0.2) is 23.2 Å².